The lowest BCUT2D eigenvalue weighted by atomic mass is 9.92. The van der Waals surface area contributed by atoms with E-state index in [1.54, 1.807) is 76.2 Å². The van der Waals surface area contributed by atoms with E-state index in [1.165, 1.54) is 13.2 Å². The summed E-state index contributed by atoms with van der Waals surface area (Å²) in [6.07, 6.45) is -0.807. The molecule has 506 valence electrons. The molecule has 0 spiro atoms. The molecule has 1 fully saturated rings. The summed E-state index contributed by atoms with van der Waals surface area (Å²) >= 11 is 6.39. The summed E-state index contributed by atoms with van der Waals surface area (Å²) in [5, 5.41) is 19.4. The second kappa shape index (κ2) is 33.1. The van der Waals surface area contributed by atoms with Crippen LogP contribution in [0.3, 0.4) is 0 Å². The third-order valence-electron chi connectivity index (χ3n) is 16.8. The Labute approximate surface area is 558 Å². The molecule has 8 amide bonds. The second-order valence-electron chi connectivity index (χ2n) is 25.4. The Hall–Kier alpha value is -9.48. The highest BCUT2D eigenvalue weighted by Crippen LogP contribution is 2.46. The number of hydrogen-bond acceptors (Lipinski definition) is 15. The summed E-state index contributed by atoms with van der Waals surface area (Å²) in [4.78, 5) is 120. The number of alkyl carbamates (subject to hydrolysis) is 2. The number of cyclic esters (lactones) is 2. The van der Waals surface area contributed by atoms with Gasteiger partial charge in [0.05, 0.1) is 23.7 Å². The van der Waals surface area contributed by atoms with E-state index in [1.807, 2.05) is 93.6 Å². The molecule has 95 heavy (non-hydrogen) atoms. The number of nitrogens with one attached hydrogen (secondary N) is 7. The monoisotopic (exact) mass is 1320 g/mol. The third kappa shape index (κ3) is 20.0. The predicted octanol–water partition coefficient (Wildman–Crippen LogP) is 8.99. The molecule has 8 atom stereocenters. The fourth-order valence-electron chi connectivity index (χ4n) is 11.3. The summed E-state index contributed by atoms with van der Waals surface area (Å²) in [7, 11) is 1.48. The summed E-state index contributed by atoms with van der Waals surface area (Å²) in [5.41, 5.74) is 11.4. The minimum absolute atomic E-state index is 0.0424. The van der Waals surface area contributed by atoms with Crippen LogP contribution in [-0.4, -0.2) is 117 Å². The smallest absolute Gasteiger partial charge is 0.407 e. The maximum atomic E-state index is 14.0. The molecule has 2 aliphatic heterocycles. The van der Waals surface area contributed by atoms with Crippen molar-refractivity contribution >= 4 is 71.1 Å². The largest absolute Gasteiger partial charge is 0.495 e. The number of amides is 8. The highest BCUT2D eigenvalue weighted by molar-refractivity contribution is 6.32. The number of anilines is 1. The summed E-state index contributed by atoms with van der Waals surface area (Å²) in [5.74, 6) is -4.40. The molecular formula is C71H85ClN8O15. The van der Waals surface area contributed by atoms with Crippen LogP contribution in [0.5, 0.6) is 5.75 Å². The highest BCUT2D eigenvalue weighted by atomic mass is 35.5. The molecule has 0 radical (unpaired) electrons. The quantitative estimate of drug-likeness (QED) is 0.0124. The number of halogens is 1. The molecule has 0 saturated carbocycles. The second-order valence-corrected chi connectivity index (χ2v) is 25.8. The Morgan fingerprint density at radius 2 is 1.43 bits per heavy atom. The minimum atomic E-state index is -1.29. The summed E-state index contributed by atoms with van der Waals surface area (Å²) in [6.45, 7) is 12.4. The lowest BCUT2D eigenvalue weighted by molar-refractivity contribution is -0.179. The minimum Gasteiger partial charge on any atom is -0.495 e. The van der Waals surface area contributed by atoms with Crippen LogP contribution in [-0.2, 0) is 72.0 Å². The van der Waals surface area contributed by atoms with Crippen LogP contribution in [0, 0.1) is 23.2 Å². The van der Waals surface area contributed by atoms with Gasteiger partial charge in [-0.15, -0.1) is 0 Å². The number of esters is 2. The standard InChI is InChI=1S/C71H85ClN8O15/c1-40(2)33-58-66(85)93-56(20-13-21-59(81)78-55(35-45-26-31-57(90-8)53(72)34-45)63(82)76-39-71(6,7)67(86)94-58)42(5)61-62(95-61)46-27-22-43(23-28-46)36-75-69(88)91-37-44-24-29-47(30-25-44)77-64(83)54(19-14-32-74-68(73)87)79-65(84)60(41(3)4)80-70(89)92-38-52-50-17-11-9-15-48(50)49-16-10-12-18-51(49)52/h9-13,15-18,21-31,34,40-42,52,54-56,58,60-62H,14,19-20,32-33,35-39H2,1-8H3,(H,75,88)(H,76,82)(H,77,83)(H,78,81)(H,79,84)(H,80,89)(H3,73,74,87)/b21-13+/t42-,54+,55+,56-,58-,60-,61+,62+/m0/s1. The van der Waals surface area contributed by atoms with Crippen LogP contribution in [0.2, 0.25) is 5.02 Å². The number of methoxy groups -OCH3 is 1. The Kier molecular flexibility index (Phi) is 24.8. The van der Waals surface area contributed by atoms with Crippen molar-refractivity contribution in [2.75, 3.05) is 32.1 Å². The van der Waals surface area contributed by atoms with Gasteiger partial charge in [0, 0.05) is 50.0 Å². The first-order valence-corrected chi connectivity index (χ1v) is 32.2. The van der Waals surface area contributed by atoms with Crippen molar-refractivity contribution in [1.29, 1.82) is 0 Å². The van der Waals surface area contributed by atoms with Gasteiger partial charge >= 0.3 is 30.2 Å². The SMILES string of the molecule is COc1ccc(C[C@H]2NC(=O)/C=C/C[C@@H]([C@H](C)[C@H]3O[C@@H]3c3ccc(CNC(=O)OCc4ccc(NC(=O)[C@@H](CCCNC(N)=O)NC(=O)[C@@H](NC(=O)OCC5c6ccccc6-c6ccccc65)C(C)C)cc4)cc3)OC(=O)[C@H](CC(C)C)OC(=O)C(C)(C)CNC2=O)cc1Cl. The van der Waals surface area contributed by atoms with E-state index in [-0.39, 0.29) is 82.9 Å². The normalized spacial score (nSPS) is 20.0. The molecule has 2 heterocycles. The van der Waals surface area contributed by atoms with Crippen LogP contribution in [0.1, 0.15) is 120 Å². The number of carbonyl (C=O) groups is 9. The molecule has 0 bridgehead atoms. The van der Waals surface area contributed by atoms with Crippen LogP contribution >= 0.6 is 11.6 Å². The van der Waals surface area contributed by atoms with E-state index < -0.39 is 107 Å². The van der Waals surface area contributed by atoms with Gasteiger partial charge in [-0.05, 0) is 120 Å². The zero-order valence-electron chi connectivity index (χ0n) is 54.6. The fourth-order valence-corrected chi connectivity index (χ4v) is 11.6. The topological polar surface area (TPSA) is 323 Å². The van der Waals surface area contributed by atoms with Crippen LogP contribution in [0.4, 0.5) is 20.1 Å². The molecule has 8 rings (SSSR count). The average Bonchev–Trinajstić information content (AvgIpc) is 1.63. The van der Waals surface area contributed by atoms with Crippen molar-refractivity contribution in [2.24, 2.45) is 28.9 Å². The van der Waals surface area contributed by atoms with Crippen molar-refractivity contribution in [1.82, 2.24) is 31.9 Å². The zero-order valence-corrected chi connectivity index (χ0v) is 55.4. The van der Waals surface area contributed by atoms with Crippen LogP contribution in [0.25, 0.3) is 11.1 Å². The van der Waals surface area contributed by atoms with Gasteiger partial charge in [-0.3, -0.25) is 24.0 Å². The Bertz CT molecular complexity index is 3550. The van der Waals surface area contributed by atoms with Gasteiger partial charge in [-0.2, -0.15) is 0 Å². The maximum absolute atomic E-state index is 14.0. The van der Waals surface area contributed by atoms with Gasteiger partial charge < -0.3 is 71.4 Å². The molecule has 23 nitrogen and oxygen atoms in total. The molecule has 5 aromatic carbocycles. The number of benzene rings is 5. The number of nitrogens with two attached hydrogens (primary N) is 1. The van der Waals surface area contributed by atoms with E-state index in [4.69, 9.17) is 45.8 Å². The Morgan fingerprint density at radius 3 is 2.07 bits per heavy atom. The van der Waals surface area contributed by atoms with E-state index in [9.17, 15) is 43.2 Å². The van der Waals surface area contributed by atoms with Crippen molar-refractivity contribution in [3.8, 4) is 16.9 Å². The molecular weight excluding hydrogens is 1240 g/mol. The van der Waals surface area contributed by atoms with Gasteiger partial charge in [-0.25, -0.2) is 19.2 Å². The Morgan fingerprint density at radius 1 is 0.768 bits per heavy atom. The number of rotatable bonds is 24. The maximum Gasteiger partial charge on any atom is 0.407 e. The lowest BCUT2D eigenvalue weighted by Gasteiger charge is -2.29. The summed E-state index contributed by atoms with van der Waals surface area (Å²) in [6, 6.07) is 30.9. The van der Waals surface area contributed by atoms with Crippen molar-refractivity contribution in [3.05, 3.63) is 166 Å². The zero-order chi connectivity index (χ0) is 68.5. The molecule has 3 aliphatic rings. The first kappa shape index (κ1) is 71.4. The van der Waals surface area contributed by atoms with E-state index in [0.717, 1.165) is 33.4 Å². The van der Waals surface area contributed by atoms with Gasteiger partial charge in [0.1, 0.15) is 49.3 Å². The lowest BCUT2D eigenvalue weighted by Crippen LogP contribution is -2.54. The average molecular weight is 1330 g/mol. The van der Waals surface area contributed by atoms with Gasteiger partial charge in [0.15, 0.2) is 6.10 Å². The number of carbonyl (C=O) groups excluding carboxylic acids is 9. The van der Waals surface area contributed by atoms with Gasteiger partial charge in [0.2, 0.25) is 23.6 Å². The van der Waals surface area contributed by atoms with Gasteiger partial charge in [0.25, 0.3) is 0 Å². The Balaban J connectivity index is 0.821. The molecule has 0 unspecified atom stereocenters. The molecule has 9 N–H and O–H groups in total. The van der Waals surface area contributed by atoms with Crippen molar-refractivity contribution < 1.29 is 71.6 Å². The number of hydrogen-bond donors (Lipinski definition) is 8. The predicted molar refractivity (Wildman–Crippen MR) is 354 cm³/mol. The molecule has 24 heteroatoms. The molecule has 0 aromatic heterocycles. The van der Waals surface area contributed by atoms with E-state index in [2.05, 4.69) is 37.2 Å². The molecule has 5 aromatic rings. The van der Waals surface area contributed by atoms with Crippen LogP contribution < -0.4 is 47.7 Å². The number of primary amides is 1. The van der Waals surface area contributed by atoms with Crippen molar-refractivity contribution in [2.45, 2.75) is 142 Å². The highest BCUT2D eigenvalue weighted by Gasteiger charge is 2.48. The van der Waals surface area contributed by atoms with Gasteiger partial charge in [-0.1, -0.05) is 143 Å². The van der Waals surface area contributed by atoms with E-state index >= 15 is 0 Å². The number of epoxide rings is 1. The number of urea groups is 1. The third-order valence-corrected chi connectivity index (χ3v) is 17.1. The first-order chi connectivity index (χ1) is 45.4. The first-order valence-electron chi connectivity index (χ1n) is 31.9. The van der Waals surface area contributed by atoms with E-state index in [0.29, 0.717) is 27.6 Å². The van der Waals surface area contributed by atoms with Crippen LogP contribution in [0.15, 0.2) is 127 Å². The number of fused-ring (bicyclic) bond motifs is 3. The molecule has 1 saturated heterocycles. The van der Waals surface area contributed by atoms with Crippen molar-refractivity contribution in [3.63, 3.8) is 0 Å². The number of ether oxygens (including phenoxy) is 6. The summed E-state index contributed by atoms with van der Waals surface area (Å²) < 4.78 is 34.7. The fraction of sp³-hybridized carbons (Fsp3) is 0.423. The molecule has 1 aliphatic carbocycles.